The average molecular weight is 261 g/mol. The molecule has 0 saturated carbocycles. The van der Waals surface area contributed by atoms with Gasteiger partial charge in [0.05, 0.1) is 0 Å². The molecule has 94 valence electrons. The molecule has 0 saturated heterocycles. The van der Waals surface area contributed by atoms with Crippen molar-refractivity contribution in [2.45, 2.75) is 20.3 Å². The van der Waals surface area contributed by atoms with Crippen molar-refractivity contribution >= 4 is 23.1 Å². The maximum atomic E-state index is 8.84. The van der Waals surface area contributed by atoms with Gasteiger partial charge in [0.15, 0.2) is 16.6 Å². The van der Waals surface area contributed by atoms with E-state index in [0.717, 1.165) is 13.0 Å². The highest BCUT2D eigenvalue weighted by molar-refractivity contribution is 7.80. The first kappa shape index (κ1) is 14.1. The average Bonchev–Trinajstić information content (AvgIpc) is 2.35. The maximum absolute atomic E-state index is 8.84. The number of allylic oxidation sites excluding steroid dienone is 1. The number of nitrogens with zero attached hydrogens (tertiary/aromatic N) is 3. The Morgan fingerprint density at radius 2 is 2.17 bits per heavy atom. The summed E-state index contributed by atoms with van der Waals surface area (Å²) in [5.74, 6) is 0.375. The van der Waals surface area contributed by atoms with E-state index in [2.05, 4.69) is 40.5 Å². The first-order valence-corrected chi connectivity index (χ1v) is 5.93. The minimum Gasteiger partial charge on any atom is -0.362 e. The predicted octanol–water partition coefficient (Wildman–Crippen LogP) is 1.99. The largest absolute Gasteiger partial charge is 0.362 e. The van der Waals surface area contributed by atoms with Gasteiger partial charge in [-0.1, -0.05) is 11.6 Å². The lowest BCUT2D eigenvalue weighted by Crippen LogP contribution is -2.29. The van der Waals surface area contributed by atoms with Gasteiger partial charge in [-0.3, -0.25) is 0 Å². The zero-order valence-corrected chi connectivity index (χ0v) is 11.2. The summed E-state index contributed by atoms with van der Waals surface area (Å²) in [5.41, 5.74) is 1.50. The number of rotatable bonds is 4. The van der Waals surface area contributed by atoms with Crippen LogP contribution in [0.3, 0.4) is 0 Å². The SMILES string of the molecule is CC(C)=CCCNC(=S)Nc1nccnc1C#N. The van der Waals surface area contributed by atoms with Crippen molar-refractivity contribution in [2.24, 2.45) is 0 Å². The van der Waals surface area contributed by atoms with Crippen molar-refractivity contribution in [2.75, 3.05) is 11.9 Å². The summed E-state index contributed by atoms with van der Waals surface area (Å²) in [4.78, 5) is 7.90. The molecule has 5 nitrogen and oxygen atoms in total. The van der Waals surface area contributed by atoms with Gasteiger partial charge in [0.1, 0.15) is 6.07 Å². The highest BCUT2D eigenvalue weighted by atomic mass is 32.1. The van der Waals surface area contributed by atoms with Gasteiger partial charge in [0, 0.05) is 18.9 Å². The first-order chi connectivity index (χ1) is 8.63. The molecule has 1 aromatic rings. The Kier molecular flexibility index (Phi) is 5.74. The molecule has 0 aliphatic rings. The molecule has 0 aromatic carbocycles. The van der Waals surface area contributed by atoms with Gasteiger partial charge in [0.25, 0.3) is 0 Å². The molecule has 0 unspecified atom stereocenters. The van der Waals surface area contributed by atoms with E-state index < -0.39 is 0 Å². The lowest BCUT2D eigenvalue weighted by molar-refractivity contribution is 0.891. The van der Waals surface area contributed by atoms with Gasteiger partial charge in [-0.05, 0) is 32.5 Å². The van der Waals surface area contributed by atoms with Crippen LogP contribution in [0.2, 0.25) is 0 Å². The molecule has 2 N–H and O–H groups in total. The van der Waals surface area contributed by atoms with Crippen molar-refractivity contribution < 1.29 is 0 Å². The van der Waals surface area contributed by atoms with E-state index in [9.17, 15) is 0 Å². The summed E-state index contributed by atoms with van der Waals surface area (Å²) in [5, 5.41) is 15.2. The number of hydrogen-bond acceptors (Lipinski definition) is 4. The molecule has 0 atom stereocenters. The highest BCUT2D eigenvalue weighted by Gasteiger charge is 2.04. The normalized spacial score (nSPS) is 9.17. The molecule has 1 rings (SSSR count). The van der Waals surface area contributed by atoms with Gasteiger partial charge in [0.2, 0.25) is 0 Å². The van der Waals surface area contributed by atoms with Crippen LogP contribution in [0.4, 0.5) is 5.82 Å². The Bertz CT molecular complexity index is 485. The van der Waals surface area contributed by atoms with E-state index in [4.69, 9.17) is 17.5 Å². The van der Waals surface area contributed by atoms with E-state index in [1.807, 2.05) is 6.07 Å². The standard InChI is InChI=1S/C12H15N5S/c1-9(2)4-3-5-16-12(18)17-11-10(8-13)14-6-7-15-11/h4,6-7H,3,5H2,1-2H3,(H2,15,16,17,18). The number of nitriles is 1. The molecule has 0 spiro atoms. The molecule has 0 fully saturated rings. The molecule has 18 heavy (non-hydrogen) atoms. The Labute approximate surface area is 112 Å². The fraction of sp³-hybridized carbons (Fsp3) is 0.333. The van der Waals surface area contributed by atoms with Crippen LogP contribution in [0, 0.1) is 11.3 Å². The Hall–Kier alpha value is -2.00. The summed E-state index contributed by atoms with van der Waals surface area (Å²) < 4.78 is 0. The van der Waals surface area contributed by atoms with Crippen LogP contribution in [0.25, 0.3) is 0 Å². The first-order valence-electron chi connectivity index (χ1n) is 5.53. The number of nitrogens with one attached hydrogen (secondary N) is 2. The molecule has 1 aromatic heterocycles. The second-order valence-electron chi connectivity index (χ2n) is 3.82. The third kappa shape index (κ3) is 4.89. The van der Waals surface area contributed by atoms with Gasteiger partial charge < -0.3 is 10.6 Å². The quantitative estimate of drug-likeness (QED) is 0.490. The maximum Gasteiger partial charge on any atom is 0.183 e. The molecule has 0 amide bonds. The van der Waals surface area contributed by atoms with Crippen LogP contribution in [0.15, 0.2) is 24.0 Å². The molecule has 0 aliphatic heterocycles. The number of thiocarbonyl (C=S) groups is 1. The lowest BCUT2D eigenvalue weighted by Gasteiger charge is -2.09. The van der Waals surface area contributed by atoms with Crippen LogP contribution in [0.5, 0.6) is 0 Å². The smallest absolute Gasteiger partial charge is 0.183 e. The summed E-state index contributed by atoms with van der Waals surface area (Å²) in [7, 11) is 0. The summed E-state index contributed by atoms with van der Waals surface area (Å²) in [6, 6.07) is 1.95. The third-order valence-electron chi connectivity index (χ3n) is 2.02. The van der Waals surface area contributed by atoms with Crippen LogP contribution < -0.4 is 10.6 Å². The molecular formula is C12H15N5S. The zero-order chi connectivity index (χ0) is 13.4. The van der Waals surface area contributed by atoms with Crippen molar-refractivity contribution in [3.63, 3.8) is 0 Å². The topological polar surface area (TPSA) is 73.6 Å². The Morgan fingerprint density at radius 1 is 1.44 bits per heavy atom. The second kappa shape index (κ2) is 7.35. The minimum atomic E-state index is 0.228. The summed E-state index contributed by atoms with van der Waals surface area (Å²) in [6.45, 7) is 4.84. The summed E-state index contributed by atoms with van der Waals surface area (Å²) >= 11 is 5.10. The van der Waals surface area contributed by atoms with Crippen molar-refractivity contribution in [1.29, 1.82) is 5.26 Å². The van der Waals surface area contributed by atoms with Crippen LogP contribution in [0.1, 0.15) is 26.0 Å². The predicted molar refractivity (Wildman–Crippen MR) is 75.0 cm³/mol. The number of aromatic nitrogens is 2. The monoisotopic (exact) mass is 261 g/mol. The van der Waals surface area contributed by atoms with Crippen LogP contribution >= 0.6 is 12.2 Å². The van der Waals surface area contributed by atoms with Crippen molar-refractivity contribution in [3.8, 4) is 6.07 Å². The van der Waals surface area contributed by atoms with Gasteiger partial charge in [-0.15, -0.1) is 0 Å². The molecule has 0 aliphatic carbocycles. The Morgan fingerprint density at radius 3 is 2.83 bits per heavy atom. The van der Waals surface area contributed by atoms with E-state index in [1.54, 1.807) is 0 Å². The number of hydrogen-bond donors (Lipinski definition) is 2. The van der Waals surface area contributed by atoms with E-state index in [1.165, 1.54) is 18.0 Å². The van der Waals surface area contributed by atoms with E-state index in [0.29, 0.717) is 10.9 Å². The van der Waals surface area contributed by atoms with Crippen molar-refractivity contribution in [3.05, 3.63) is 29.7 Å². The van der Waals surface area contributed by atoms with Gasteiger partial charge in [-0.25, -0.2) is 9.97 Å². The van der Waals surface area contributed by atoms with E-state index in [-0.39, 0.29) is 5.69 Å². The highest BCUT2D eigenvalue weighted by Crippen LogP contribution is 2.05. The Balaban J connectivity index is 2.45. The molecule has 0 bridgehead atoms. The summed E-state index contributed by atoms with van der Waals surface area (Å²) in [6.07, 6.45) is 6.00. The number of anilines is 1. The van der Waals surface area contributed by atoms with E-state index >= 15 is 0 Å². The lowest BCUT2D eigenvalue weighted by atomic mass is 10.3. The van der Waals surface area contributed by atoms with Gasteiger partial charge >= 0.3 is 0 Å². The molecule has 1 heterocycles. The fourth-order valence-electron chi connectivity index (χ4n) is 1.21. The van der Waals surface area contributed by atoms with Crippen molar-refractivity contribution in [1.82, 2.24) is 15.3 Å². The third-order valence-corrected chi connectivity index (χ3v) is 2.26. The second-order valence-corrected chi connectivity index (χ2v) is 4.22. The fourth-order valence-corrected chi connectivity index (χ4v) is 1.41. The molecular weight excluding hydrogens is 246 g/mol. The molecule has 6 heteroatoms. The molecule has 0 radical (unpaired) electrons. The minimum absolute atomic E-state index is 0.228. The van der Waals surface area contributed by atoms with Crippen LogP contribution in [-0.4, -0.2) is 21.6 Å². The van der Waals surface area contributed by atoms with Gasteiger partial charge in [-0.2, -0.15) is 5.26 Å². The zero-order valence-electron chi connectivity index (χ0n) is 10.4. The van der Waals surface area contributed by atoms with Crippen LogP contribution in [-0.2, 0) is 0 Å².